The van der Waals surface area contributed by atoms with E-state index in [9.17, 15) is 24.0 Å². The molecule has 0 bridgehead atoms. The molecule has 0 spiro atoms. The predicted molar refractivity (Wildman–Crippen MR) is 200 cm³/mol. The van der Waals surface area contributed by atoms with E-state index >= 15 is 0 Å². The van der Waals surface area contributed by atoms with Crippen LogP contribution in [0.5, 0.6) is 5.75 Å². The zero-order chi connectivity index (χ0) is 37.9. The van der Waals surface area contributed by atoms with E-state index in [1.165, 1.54) is 24.5 Å². The maximum Gasteiger partial charge on any atom is 0.262 e. The number of carbonyl (C=O) groups excluding carboxylic acids is 5. The minimum absolute atomic E-state index is 0.0462. The molecule has 0 radical (unpaired) electrons. The number of piperidine rings is 1. The van der Waals surface area contributed by atoms with Gasteiger partial charge in [-0.2, -0.15) is 10.2 Å². The highest BCUT2D eigenvalue weighted by atomic mass is 35.5. The number of hydrogen-bond acceptors (Lipinski definition) is 10. The summed E-state index contributed by atoms with van der Waals surface area (Å²) in [5.74, 6) is -1.83. The van der Waals surface area contributed by atoms with Crippen LogP contribution >= 0.6 is 23.2 Å². The first-order valence-electron chi connectivity index (χ1n) is 17.1. The van der Waals surface area contributed by atoms with Gasteiger partial charge in [-0.25, -0.2) is 0 Å². The van der Waals surface area contributed by atoms with Crippen LogP contribution in [0.2, 0.25) is 10.0 Å². The molecule has 1 fully saturated rings. The SMILES string of the molecule is C[C@@H](Oc1ccc2[nH]nc(/C=C/c3cnn(CCNC(=O)CCNc4ccc5c(c4)C(=O)N(C4CCC(=O)NC4=O)C5=O)c3)c2c1)c1c(Cl)cncc1Cl. The number of fused-ring (bicyclic) bond motifs is 2. The average molecular weight is 771 g/mol. The Hall–Kier alpha value is -6.06. The van der Waals surface area contributed by atoms with Gasteiger partial charge in [-0.3, -0.25) is 49.0 Å². The van der Waals surface area contributed by atoms with E-state index in [1.54, 1.807) is 16.9 Å². The molecule has 4 N–H and O–H groups in total. The lowest BCUT2D eigenvalue weighted by molar-refractivity contribution is -0.136. The van der Waals surface area contributed by atoms with Gasteiger partial charge in [-0.15, -0.1) is 0 Å². The molecule has 7 rings (SSSR count). The smallest absolute Gasteiger partial charge is 0.262 e. The molecule has 2 aliphatic heterocycles. The molecule has 15 nitrogen and oxygen atoms in total. The monoisotopic (exact) mass is 769 g/mol. The van der Waals surface area contributed by atoms with Crippen molar-refractivity contribution in [3.05, 3.63) is 99.2 Å². The topological polar surface area (TPSA) is 193 Å². The molecule has 2 aromatic carbocycles. The number of H-pyrrole nitrogens is 1. The van der Waals surface area contributed by atoms with Crippen LogP contribution in [-0.2, 0) is 20.9 Å². The molecule has 1 saturated heterocycles. The number of rotatable bonds is 13. The Bertz CT molecular complexity index is 2320. The molecule has 2 aliphatic rings. The summed E-state index contributed by atoms with van der Waals surface area (Å²) in [5.41, 5.74) is 3.95. The third-order valence-corrected chi connectivity index (χ3v) is 9.65. The standard InChI is InChI=1S/C37H33Cl2N9O6/c1-20(34-27(38)17-40-18-28(34)39)54-23-4-7-30-26(15-23)29(45-46-30)6-2-21-16-43-47(19-21)13-12-42-32(49)10-11-41-22-3-5-24-25(14-22)37(53)48(36(24)52)31-8-9-33(50)44-35(31)51/h2-7,14-20,31,41H,8-13H2,1H3,(H,42,49)(H,45,46)(H,44,50,51)/b6-2+/t20-,31?/m1/s1. The van der Waals surface area contributed by atoms with Crippen LogP contribution in [0.25, 0.3) is 23.1 Å². The molecule has 17 heteroatoms. The third kappa shape index (κ3) is 7.68. The van der Waals surface area contributed by atoms with Crippen molar-refractivity contribution in [2.75, 3.05) is 18.4 Å². The summed E-state index contributed by atoms with van der Waals surface area (Å²) in [6.07, 6.45) is 10.3. The van der Waals surface area contributed by atoms with Crippen LogP contribution < -0.4 is 20.7 Å². The van der Waals surface area contributed by atoms with Gasteiger partial charge in [0, 0.05) is 66.7 Å². The van der Waals surface area contributed by atoms with Gasteiger partial charge in [-0.1, -0.05) is 23.2 Å². The van der Waals surface area contributed by atoms with Gasteiger partial charge in [0.05, 0.1) is 45.1 Å². The minimum atomic E-state index is -1.03. The number of pyridine rings is 1. The molecule has 3 aromatic heterocycles. The van der Waals surface area contributed by atoms with E-state index in [-0.39, 0.29) is 42.8 Å². The van der Waals surface area contributed by atoms with Crippen LogP contribution in [0, 0.1) is 0 Å². The fourth-order valence-corrected chi connectivity index (χ4v) is 7.02. The summed E-state index contributed by atoms with van der Waals surface area (Å²) in [6, 6.07) is 9.27. The third-order valence-electron chi connectivity index (χ3n) is 9.04. The van der Waals surface area contributed by atoms with E-state index in [1.807, 2.05) is 43.5 Å². The highest BCUT2D eigenvalue weighted by Crippen LogP contribution is 2.34. The molecule has 5 heterocycles. The number of aromatic amines is 1. The van der Waals surface area contributed by atoms with Crippen LogP contribution in [0.15, 0.2) is 61.2 Å². The Morgan fingerprint density at radius 2 is 1.81 bits per heavy atom. The number of anilines is 1. The number of carbonyl (C=O) groups is 5. The van der Waals surface area contributed by atoms with E-state index in [0.29, 0.717) is 45.8 Å². The normalized spacial score (nSPS) is 16.2. The lowest BCUT2D eigenvalue weighted by Gasteiger charge is -2.27. The number of nitrogens with zero attached hydrogens (tertiary/aromatic N) is 5. The van der Waals surface area contributed by atoms with Gasteiger partial charge in [0.2, 0.25) is 17.7 Å². The highest BCUT2D eigenvalue weighted by Gasteiger charge is 2.44. The molecule has 1 unspecified atom stereocenters. The largest absolute Gasteiger partial charge is 0.486 e. The van der Waals surface area contributed by atoms with Crippen molar-refractivity contribution in [1.29, 1.82) is 0 Å². The Kier molecular flexibility index (Phi) is 10.4. The van der Waals surface area contributed by atoms with Crippen LogP contribution in [0.1, 0.15) is 69.8 Å². The van der Waals surface area contributed by atoms with Crippen LogP contribution in [-0.4, -0.2) is 78.5 Å². The maximum absolute atomic E-state index is 13.1. The predicted octanol–water partition coefficient (Wildman–Crippen LogP) is 4.79. The number of benzene rings is 2. The summed E-state index contributed by atoms with van der Waals surface area (Å²) in [5, 5.41) is 21.7. The van der Waals surface area contributed by atoms with E-state index in [2.05, 4.69) is 36.2 Å². The fraction of sp³-hybridized carbons (Fsp3) is 0.243. The molecular formula is C37H33Cl2N9O6. The first-order valence-corrected chi connectivity index (χ1v) is 17.8. The van der Waals surface area contributed by atoms with Crippen molar-refractivity contribution in [2.45, 2.75) is 44.9 Å². The molecule has 5 amide bonds. The number of hydrogen-bond donors (Lipinski definition) is 4. The Balaban J connectivity index is 0.869. The van der Waals surface area contributed by atoms with Crippen molar-refractivity contribution in [1.82, 2.24) is 40.5 Å². The molecule has 54 heavy (non-hydrogen) atoms. The second-order valence-corrected chi connectivity index (χ2v) is 13.5. The summed E-state index contributed by atoms with van der Waals surface area (Å²) >= 11 is 12.6. The second-order valence-electron chi connectivity index (χ2n) is 12.7. The van der Waals surface area contributed by atoms with E-state index in [0.717, 1.165) is 21.4 Å². The molecule has 276 valence electrons. The number of aromatic nitrogens is 5. The first-order chi connectivity index (χ1) is 26.0. The molecular weight excluding hydrogens is 737 g/mol. The minimum Gasteiger partial charge on any atom is -0.486 e. The van der Waals surface area contributed by atoms with Crippen LogP contribution in [0.4, 0.5) is 5.69 Å². The molecule has 5 aromatic rings. The van der Waals surface area contributed by atoms with E-state index in [4.69, 9.17) is 27.9 Å². The summed E-state index contributed by atoms with van der Waals surface area (Å²) in [6.45, 7) is 2.95. The number of ether oxygens (including phenoxy) is 1. The quantitative estimate of drug-likeness (QED) is 0.121. The highest BCUT2D eigenvalue weighted by molar-refractivity contribution is 6.35. The Morgan fingerprint density at radius 1 is 1.02 bits per heavy atom. The van der Waals surface area contributed by atoms with Gasteiger partial charge >= 0.3 is 0 Å². The van der Waals surface area contributed by atoms with Gasteiger partial charge in [-0.05, 0) is 61.9 Å². The summed E-state index contributed by atoms with van der Waals surface area (Å²) in [4.78, 5) is 67.2. The summed E-state index contributed by atoms with van der Waals surface area (Å²) < 4.78 is 7.88. The molecule has 0 saturated carbocycles. The van der Waals surface area contributed by atoms with Crippen molar-refractivity contribution < 1.29 is 28.7 Å². The average Bonchev–Trinajstić information content (AvgIpc) is 3.83. The van der Waals surface area contributed by atoms with Crippen molar-refractivity contribution in [3.8, 4) is 5.75 Å². The number of amides is 5. The van der Waals surface area contributed by atoms with Gasteiger partial charge in [0.1, 0.15) is 17.9 Å². The molecule has 0 aliphatic carbocycles. The Morgan fingerprint density at radius 3 is 2.61 bits per heavy atom. The van der Waals surface area contributed by atoms with Crippen molar-refractivity contribution in [3.63, 3.8) is 0 Å². The van der Waals surface area contributed by atoms with Crippen molar-refractivity contribution in [2.24, 2.45) is 0 Å². The Labute approximate surface area is 318 Å². The lowest BCUT2D eigenvalue weighted by atomic mass is 10.0. The fourth-order valence-electron chi connectivity index (χ4n) is 6.35. The van der Waals surface area contributed by atoms with Crippen molar-refractivity contribution >= 4 is 81.5 Å². The van der Waals surface area contributed by atoms with E-state index < -0.39 is 35.8 Å². The second kappa shape index (κ2) is 15.5. The number of nitrogens with one attached hydrogen (secondary N) is 4. The van der Waals surface area contributed by atoms with Gasteiger partial charge in [0.15, 0.2) is 0 Å². The number of halogens is 2. The first kappa shape index (κ1) is 36.3. The van der Waals surface area contributed by atoms with Gasteiger partial charge < -0.3 is 15.4 Å². The summed E-state index contributed by atoms with van der Waals surface area (Å²) in [7, 11) is 0. The zero-order valence-electron chi connectivity index (χ0n) is 28.8. The maximum atomic E-state index is 13.1. The molecule has 2 atom stereocenters. The lowest BCUT2D eigenvalue weighted by Crippen LogP contribution is -2.54. The zero-order valence-corrected chi connectivity index (χ0v) is 30.3. The van der Waals surface area contributed by atoms with Crippen LogP contribution in [0.3, 0.4) is 0 Å². The number of imide groups is 2. The van der Waals surface area contributed by atoms with Gasteiger partial charge in [0.25, 0.3) is 11.8 Å².